The molecule has 5 heteroatoms. The van der Waals surface area contributed by atoms with Crippen LogP contribution < -0.4 is 9.47 Å². The zero-order chi connectivity index (χ0) is 13.9. The molecular weight excluding hydrogens is 248 g/mol. The summed E-state index contributed by atoms with van der Waals surface area (Å²) in [4.78, 5) is 10.7. The summed E-state index contributed by atoms with van der Waals surface area (Å²) >= 11 is 0. The molecule has 102 valence electrons. The molecule has 0 bridgehead atoms. The van der Waals surface area contributed by atoms with E-state index in [1.54, 1.807) is 26.4 Å². The van der Waals surface area contributed by atoms with E-state index in [1.807, 2.05) is 12.1 Å². The summed E-state index contributed by atoms with van der Waals surface area (Å²) in [7, 11) is 3.16. The Hall–Kier alpha value is -2.01. The number of rotatable bonds is 5. The van der Waals surface area contributed by atoms with Gasteiger partial charge in [-0.15, -0.1) is 0 Å². The van der Waals surface area contributed by atoms with E-state index in [2.05, 4.69) is 0 Å². The smallest absolute Gasteiger partial charge is 0.328 e. The fourth-order valence-electron chi connectivity index (χ4n) is 2.01. The minimum atomic E-state index is -0.971. The molecule has 0 saturated carbocycles. The van der Waals surface area contributed by atoms with Gasteiger partial charge in [-0.05, 0) is 17.7 Å². The van der Waals surface area contributed by atoms with E-state index in [4.69, 9.17) is 19.3 Å². The lowest BCUT2D eigenvalue weighted by atomic mass is 9.78. The normalized spacial score (nSPS) is 16.9. The lowest BCUT2D eigenvalue weighted by molar-refractivity contribution is -0.131. The van der Waals surface area contributed by atoms with Gasteiger partial charge in [-0.1, -0.05) is 6.08 Å². The molecule has 2 rings (SSSR count). The summed E-state index contributed by atoms with van der Waals surface area (Å²) in [6.07, 6.45) is 2.81. The van der Waals surface area contributed by atoms with Crippen molar-refractivity contribution in [3.63, 3.8) is 0 Å². The first kappa shape index (κ1) is 13.4. The van der Waals surface area contributed by atoms with Crippen molar-refractivity contribution in [2.75, 3.05) is 27.4 Å². The van der Waals surface area contributed by atoms with Crippen LogP contribution in [0.2, 0.25) is 0 Å². The van der Waals surface area contributed by atoms with E-state index in [0.717, 1.165) is 11.6 Å². The number of hydrogen-bond acceptors (Lipinski definition) is 4. The Morgan fingerprint density at radius 1 is 1.26 bits per heavy atom. The van der Waals surface area contributed by atoms with Gasteiger partial charge in [0.05, 0.1) is 32.8 Å². The SMILES string of the molecule is COc1cc(OC)cc(C2(/C=C/C(=O)O)COC2)c1. The molecule has 1 N–H and O–H groups in total. The summed E-state index contributed by atoms with van der Waals surface area (Å²) in [5.74, 6) is 0.370. The Labute approximate surface area is 111 Å². The van der Waals surface area contributed by atoms with Gasteiger partial charge in [-0.3, -0.25) is 0 Å². The molecule has 1 aliphatic rings. The number of carbonyl (C=O) groups is 1. The van der Waals surface area contributed by atoms with Crippen LogP contribution in [0.25, 0.3) is 0 Å². The monoisotopic (exact) mass is 264 g/mol. The van der Waals surface area contributed by atoms with Gasteiger partial charge in [0.25, 0.3) is 0 Å². The largest absolute Gasteiger partial charge is 0.497 e. The summed E-state index contributed by atoms with van der Waals surface area (Å²) in [6, 6.07) is 5.52. The molecule has 1 saturated heterocycles. The highest BCUT2D eigenvalue weighted by atomic mass is 16.5. The quantitative estimate of drug-likeness (QED) is 0.818. The zero-order valence-electron chi connectivity index (χ0n) is 10.9. The summed E-state index contributed by atoms with van der Waals surface area (Å²) < 4.78 is 15.7. The first-order chi connectivity index (χ1) is 9.09. The second kappa shape index (κ2) is 5.32. The molecular formula is C14H16O5. The first-order valence-electron chi connectivity index (χ1n) is 5.83. The van der Waals surface area contributed by atoms with Gasteiger partial charge in [0.15, 0.2) is 0 Å². The molecule has 0 aliphatic carbocycles. The lowest BCUT2D eigenvalue weighted by Gasteiger charge is -2.39. The van der Waals surface area contributed by atoms with Gasteiger partial charge in [-0.25, -0.2) is 4.79 Å². The minimum absolute atomic E-state index is 0.416. The van der Waals surface area contributed by atoms with E-state index in [9.17, 15) is 4.79 Å². The highest BCUT2D eigenvalue weighted by molar-refractivity contribution is 5.80. The van der Waals surface area contributed by atoms with Crippen molar-refractivity contribution in [2.24, 2.45) is 0 Å². The molecule has 0 aromatic heterocycles. The molecule has 0 amide bonds. The van der Waals surface area contributed by atoms with Crippen molar-refractivity contribution in [3.8, 4) is 11.5 Å². The van der Waals surface area contributed by atoms with Crippen molar-refractivity contribution < 1.29 is 24.1 Å². The van der Waals surface area contributed by atoms with E-state index in [1.165, 1.54) is 0 Å². The number of carboxylic acid groups (broad SMARTS) is 1. The third-order valence-electron chi connectivity index (χ3n) is 3.19. The Morgan fingerprint density at radius 2 is 1.84 bits per heavy atom. The lowest BCUT2D eigenvalue weighted by Crippen LogP contribution is -2.45. The third kappa shape index (κ3) is 2.71. The maximum absolute atomic E-state index is 10.7. The number of benzene rings is 1. The Kier molecular flexibility index (Phi) is 3.76. The van der Waals surface area contributed by atoms with Gasteiger partial charge in [0, 0.05) is 12.1 Å². The average molecular weight is 264 g/mol. The topological polar surface area (TPSA) is 65.0 Å². The Balaban J connectivity index is 2.40. The van der Waals surface area contributed by atoms with Gasteiger partial charge < -0.3 is 19.3 Å². The minimum Gasteiger partial charge on any atom is -0.497 e. The molecule has 1 fully saturated rings. The molecule has 1 aliphatic heterocycles. The second-order valence-electron chi connectivity index (χ2n) is 4.42. The average Bonchev–Trinajstić information content (AvgIpc) is 2.36. The third-order valence-corrected chi connectivity index (χ3v) is 3.19. The molecule has 1 aromatic carbocycles. The van der Waals surface area contributed by atoms with Crippen molar-refractivity contribution in [2.45, 2.75) is 5.41 Å². The Morgan fingerprint density at radius 3 is 2.21 bits per heavy atom. The number of hydrogen-bond donors (Lipinski definition) is 1. The molecule has 19 heavy (non-hydrogen) atoms. The fraction of sp³-hybridized carbons (Fsp3) is 0.357. The summed E-state index contributed by atoms with van der Waals surface area (Å²) in [6.45, 7) is 0.903. The van der Waals surface area contributed by atoms with Crippen molar-refractivity contribution in [1.29, 1.82) is 0 Å². The first-order valence-corrected chi connectivity index (χ1v) is 5.83. The number of aliphatic carboxylic acids is 1. The maximum Gasteiger partial charge on any atom is 0.328 e. The second-order valence-corrected chi connectivity index (χ2v) is 4.42. The molecule has 0 unspecified atom stereocenters. The van der Waals surface area contributed by atoms with Crippen LogP contribution in [0, 0.1) is 0 Å². The van der Waals surface area contributed by atoms with Crippen LogP contribution >= 0.6 is 0 Å². The predicted molar refractivity (Wildman–Crippen MR) is 68.8 cm³/mol. The van der Waals surface area contributed by atoms with E-state index < -0.39 is 11.4 Å². The summed E-state index contributed by atoms with van der Waals surface area (Å²) in [5, 5.41) is 8.77. The molecule has 1 aromatic rings. The highest BCUT2D eigenvalue weighted by Gasteiger charge is 2.38. The molecule has 0 spiro atoms. The van der Waals surface area contributed by atoms with Gasteiger partial charge in [0.1, 0.15) is 11.5 Å². The summed E-state index contributed by atoms with van der Waals surface area (Å²) in [5.41, 5.74) is 0.507. The molecule has 5 nitrogen and oxygen atoms in total. The van der Waals surface area contributed by atoms with Crippen molar-refractivity contribution >= 4 is 5.97 Å². The van der Waals surface area contributed by atoms with Crippen LogP contribution in [-0.4, -0.2) is 38.5 Å². The fourth-order valence-corrected chi connectivity index (χ4v) is 2.01. The standard InChI is InChI=1S/C14H16O5/c1-17-11-5-10(6-12(7-11)18-2)14(8-19-9-14)4-3-13(15)16/h3-7H,8-9H2,1-2H3,(H,15,16)/b4-3+. The van der Waals surface area contributed by atoms with Gasteiger partial charge >= 0.3 is 5.97 Å². The number of carboxylic acids is 1. The number of methoxy groups -OCH3 is 2. The van der Waals surface area contributed by atoms with Crippen LogP contribution in [0.1, 0.15) is 5.56 Å². The highest BCUT2D eigenvalue weighted by Crippen LogP contribution is 2.37. The van der Waals surface area contributed by atoms with Crippen LogP contribution in [0.15, 0.2) is 30.4 Å². The van der Waals surface area contributed by atoms with Crippen LogP contribution in [-0.2, 0) is 14.9 Å². The van der Waals surface area contributed by atoms with Gasteiger partial charge in [-0.2, -0.15) is 0 Å². The zero-order valence-corrected chi connectivity index (χ0v) is 10.9. The van der Waals surface area contributed by atoms with Gasteiger partial charge in [0.2, 0.25) is 0 Å². The van der Waals surface area contributed by atoms with E-state index in [0.29, 0.717) is 24.7 Å². The number of ether oxygens (including phenoxy) is 3. The van der Waals surface area contributed by atoms with Crippen LogP contribution in [0.4, 0.5) is 0 Å². The van der Waals surface area contributed by atoms with Crippen molar-refractivity contribution in [1.82, 2.24) is 0 Å². The van der Waals surface area contributed by atoms with Crippen LogP contribution in [0.3, 0.4) is 0 Å². The van der Waals surface area contributed by atoms with E-state index in [-0.39, 0.29) is 0 Å². The molecule has 0 radical (unpaired) electrons. The Bertz CT molecular complexity index is 480. The molecule has 0 atom stereocenters. The maximum atomic E-state index is 10.7. The van der Waals surface area contributed by atoms with Crippen molar-refractivity contribution in [3.05, 3.63) is 35.9 Å². The molecule has 1 heterocycles. The van der Waals surface area contributed by atoms with Crippen LogP contribution in [0.5, 0.6) is 11.5 Å². The predicted octanol–water partition coefficient (Wildman–Crippen LogP) is 1.61. The van der Waals surface area contributed by atoms with E-state index >= 15 is 0 Å².